The number of carbonyl (C=O) groups is 1. The first-order valence-corrected chi connectivity index (χ1v) is 6.94. The van der Waals surface area contributed by atoms with Gasteiger partial charge in [0.15, 0.2) is 5.69 Å². The molecule has 1 aromatic carbocycles. The van der Waals surface area contributed by atoms with E-state index < -0.39 is 5.97 Å². The van der Waals surface area contributed by atoms with Gasteiger partial charge >= 0.3 is 5.97 Å². The van der Waals surface area contributed by atoms with Crippen LogP contribution in [0.4, 0.5) is 0 Å². The minimum absolute atomic E-state index is 0.0349. The van der Waals surface area contributed by atoms with Crippen LogP contribution in [0, 0.1) is 0 Å². The average Bonchev–Trinajstić information content (AvgIpc) is 2.88. The van der Waals surface area contributed by atoms with Crippen LogP contribution in [0.5, 0.6) is 0 Å². The number of nitrogens with zero attached hydrogens (tertiary/aromatic N) is 3. The van der Waals surface area contributed by atoms with E-state index in [-0.39, 0.29) is 5.69 Å². The Bertz CT molecular complexity index is 628. The van der Waals surface area contributed by atoms with Crippen molar-refractivity contribution in [3.63, 3.8) is 0 Å². The lowest BCUT2D eigenvalue weighted by atomic mass is 10.1. The number of methoxy groups -OCH3 is 1. The zero-order valence-corrected chi connectivity index (χ0v) is 12.4. The minimum atomic E-state index is -1.09. The number of para-hydroxylation sites is 1. The lowest BCUT2D eigenvalue weighted by Gasteiger charge is -2.08. The highest BCUT2D eigenvalue weighted by Gasteiger charge is 2.20. The van der Waals surface area contributed by atoms with Gasteiger partial charge in [-0.1, -0.05) is 28.9 Å². The second-order valence-electron chi connectivity index (χ2n) is 4.50. The molecule has 1 aromatic heterocycles. The standard InChI is InChI=1S/C14H16ClN3O3/c1-21-9-5-4-8-12-13(14(19)20)16-17-18(12)11-7-3-2-6-10(11)15/h2-3,6-7H,4-5,8-9H2,1H3,(H,19,20). The molecule has 0 atom stereocenters. The summed E-state index contributed by atoms with van der Waals surface area (Å²) in [5.41, 5.74) is 1.14. The summed E-state index contributed by atoms with van der Waals surface area (Å²) >= 11 is 6.15. The monoisotopic (exact) mass is 309 g/mol. The first kappa shape index (κ1) is 15.5. The Balaban J connectivity index is 2.33. The van der Waals surface area contributed by atoms with Gasteiger partial charge in [0.05, 0.1) is 16.4 Å². The maximum absolute atomic E-state index is 11.3. The van der Waals surface area contributed by atoms with E-state index >= 15 is 0 Å². The van der Waals surface area contributed by atoms with Crippen molar-refractivity contribution >= 4 is 17.6 Å². The van der Waals surface area contributed by atoms with Gasteiger partial charge in [-0.3, -0.25) is 0 Å². The normalized spacial score (nSPS) is 10.8. The van der Waals surface area contributed by atoms with Crippen LogP contribution in [0.1, 0.15) is 29.0 Å². The summed E-state index contributed by atoms with van der Waals surface area (Å²) in [7, 11) is 1.64. The third-order valence-electron chi connectivity index (χ3n) is 3.06. The number of benzene rings is 1. The van der Waals surface area contributed by atoms with E-state index in [0.717, 1.165) is 12.8 Å². The van der Waals surface area contributed by atoms with Crippen LogP contribution in [0.3, 0.4) is 0 Å². The molecule has 0 saturated heterocycles. The highest BCUT2D eigenvalue weighted by Crippen LogP contribution is 2.22. The van der Waals surface area contributed by atoms with E-state index in [9.17, 15) is 9.90 Å². The predicted molar refractivity (Wildman–Crippen MR) is 78.1 cm³/mol. The highest BCUT2D eigenvalue weighted by molar-refractivity contribution is 6.32. The Kier molecular flexibility index (Phi) is 5.30. The molecule has 1 heterocycles. The van der Waals surface area contributed by atoms with Crippen molar-refractivity contribution in [2.24, 2.45) is 0 Å². The molecule has 2 rings (SSSR count). The number of carboxylic acids is 1. The number of aromatic nitrogens is 3. The molecule has 0 amide bonds. The number of hydrogen-bond acceptors (Lipinski definition) is 4. The Morgan fingerprint density at radius 3 is 2.81 bits per heavy atom. The van der Waals surface area contributed by atoms with Crippen LogP contribution in [-0.4, -0.2) is 39.8 Å². The second kappa shape index (κ2) is 7.19. The van der Waals surface area contributed by atoms with Crippen molar-refractivity contribution in [2.45, 2.75) is 19.3 Å². The van der Waals surface area contributed by atoms with E-state index in [0.29, 0.717) is 29.4 Å². The first-order valence-electron chi connectivity index (χ1n) is 6.57. The van der Waals surface area contributed by atoms with Crippen molar-refractivity contribution < 1.29 is 14.6 Å². The molecule has 0 aliphatic carbocycles. The molecule has 2 aromatic rings. The lowest BCUT2D eigenvalue weighted by Crippen LogP contribution is -2.08. The van der Waals surface area contributed by atoms with Gasteiger partial charge in [0.1, 0.15) is 0 Å². The molecule has 0 radical (unpaired) electrons. The van der Waals surface area contributed by atoms with E-state index in [1.165, 1.54) is 4.68 Å². The summed E-state index contributed by atoms with van der Waals surface area (Å²) < 4.78 is 6.50. The Morgan fingerprint density at radius 1 is 1.38 bits per heavy atom. The summed E-state index contributed by atoms with van der Waals surface area (Å²) in [6.07, 6.45) is 2.17. The third-order valence-corrected chi connectivity index (χ3v) is 3.38. The molecule has 0 aliphatic heterocycles. The molecule has 0 fully saturated rings. The van der Waals surface area contributed by atoms with Crippen molar-refractivity contribution in [3.05, 3.63) is 40.7 Å². The Hall–Kier alpha value is -1.92. The summed E-state index contributed by atoms with van der Waals surface area (Å²) in [6.45, 7) is 0.635. The molecule has 7 heteroatoms. The first-order chi connectivity index (χ1) is 10.1. The van der Waals surface area contributed by atoms with Gasteiger partial charge in [-0.15, -0.1) is 5.10 Å². The van der Waals surface area contributed by atoms with Gasteiger partial charge < -0.3 is 9.84 Å². The fourth-order valence-electron chi connectivity index (χ4n) is 2.05. The van der Waals surface area contributed by atoms with Crippen LogP contribution in [0.15, 0.2) is 24.3 Å². The van der Waals surface area contributed by atoms with Gasteiger partial charge in [0.2, 0.25) is 0 Å². The van der Waals surface area contributed by atoms with Crippen molar-refractivity contribution in [1.29, 1.82) is 0 Å². The predicted octanol–water partition coefficient (Wildman–Crippen LogP) is 2.59. The molecule has 21 heavy (non-hydrogen) atoms. The number of carboxylic acid groups (broad SMARTS) is 1. The second-order valence-corrected chi connectivity index (χ2v) is 4.91. The topological polar surface area (TPSA) is 77.2 Å². The van der Waals surface area contributed by atoms with Gasteiger partial charge in [-0.25, -0.2) is 9.48 Å². The molecule has 6 nitrogen and oxygen atoms in total. The molecular formula is C14H16ClN3O3. The van der Waals surface area contributed by atoms with Gasteiger partial charge in [-0.05, 0) is 31.4 Å². The highest BCUT2D eigenvalue weighted by atomic mass is 35.5. The summed E-state index contributed by atoms with van der Waals surface area (Å²) in [4.78, 5) is 11.3. The van der Waals surface area contributed by atoms with Gasteiger partial charge in [0, 0.05) is 13.7 Å². The van der Waals surface area contributed by atoms with Gasteiger partial charge in [-0.2, -0.15) is 0 Å². The molecular weight excluding hydrogens is 294 g/mol. The van der Waals surface area contributed by atoms with Gasteiger partial charge in [0.25, 0.3) is 0 Å². The van der Waals surface area contributed by atoms with Crippen molar-refractivity contribution in [1.82, 2.24) is 15.0 Å². The minimum Gasteiger partial charge on any atom is -0.476 e. The fourth-order valence-corrected chi connectivity index (χ4v) is 2.26. The quantitative estimate of drug-likeness (QED) is 0.795. The van der Waals surface area contributed by atoms with E-state index in [2.05, 4.69) is 10.3 Å². The van der Waals surface area contributed by atoms with E-state index in [1.54, 1.807) is 25.3 Å². The smallest absolute Gasteiger partial charge is 0.358 e. The SMILES string of the molecule is COCCCCc1c(C(=O)O)nnn1-c1ccccc1Cl. The number of aromatic carboxylic acids is 1. The third kappa shape index (κ3) is 3.59. The number of ether oxygens (including phenoxy) is 1. The maximum atomic E-state index is 11.3. The number of hydrogen-bond donors (Lipinski definition) is 1. The molecule has 0 bridgehead atoms. The number of unbranched alkanes of at least 4 members (excludes halogenated alkanes) is 1. The molecule has 1 N–H and O–H groups in total. The molecule has 0 aliphatic rings. The molecule has 112 valence electrons. The van der Waals surface area contributed by atoms with Crippen LogP contribution >= 0.6 is 11.6 Å². The zero-order chi connectivity index (χ0) is 15.2. The van der Waals surface area contributed by atoms with Crippen molar-refractivity contribution in [2.75, 3.05) is 13.7 Å². The molecule has 0 spiro atoms. The number of rotatable bonds is 7. The van der Waals surface area contributed by atoms with E-state index in [1.807, 2.05) is 6.07 Å². The molecule has 0 unspecified atom stereocenters. The summed E-state index contributed by atoms with van der Waals surface area (Å²) in [5, 5.41) is 17.4. The fraction of sp³-hybridized carbons (Fsp3) is 0.357. The van der Waals surface area contributed by atoms with Crippen LogP contribution in [-0.2, 0) is 11.2 Å². The largest absolute Gasteiger partial charge is 0.476 e. The summed E-state index contributed by atoms with van der Waals surface area (Å²) in [6, 6.07) is 7.13. The van der Waals surface area contributed by atoms with Crippen molar-refractivity contribution in [3.8, 4) is 5.69 Å². The maximum Gasteiger partial charge on any atom is 0.358 e. The Labute approximate surface area is 127 Å². The Morgan fingerprint density at radius 2 is 2.14 bits per heavy atom. The lowest BCUT2D eigenvalue weighted by molar-refractivity contribution is 0.0689. The van der Waals surface area contributed by atoms with Crippen LogP contribution in [0.2, 0.25) is 5.02 Å². The van der Waals surface area contributed by atoms with Crippen LogP contribution in [0.25, 0.3) is 5.69 Å². The summed E-state index contributed by atoms with van der Waals surface area (Å²) in [5.74, 6) is -1.09. The van der Waals surface area contributed by atoms with Crippen LogP contribution < -0.4 is 0 Å². The zero-order valence-electron chi connectivity index (χ0n) is 11.6. The van der Waals surface area contributed by atoms with E-state index in [4.69, 9.17) is 16.3 Å². The molecule has 0 saturated carbocycles. The average molecular weight is 310 g/mol. The number of halogens is 1.